The Hall–Kier alpha value is -1.34. The van der Waals surface area contributed by atoms with Crippen molar-refractivity contribution in [3.63, 3.8) is 0 Å². The normalized spacial score (nSPS) is 19.2. The van der Waals surface area contributed by atoms with E-state index in [4.69, 9.17) is 0 Å². The maximum atomic E-state index is 12.1. The van der Waals surface area contributed by atoms with Gasteiger partial charge in [0.25, 0.3) is 0 Å². The summed E-state index contributed by atoms with van der Waals surface area (Å²) in [6, 6.07) is 5.72. The highest BCUT2D eigenvalue weighted by Crippen LogP contribution is 2.20. The highest BCUT2D eigenvalue weighted by Gasteiger charge is 2.20. The molecule has 2 N–H and O–H groups in total. The van der Waals surface area contributed by atoms with E-state index < -0.39 is 6.61 Å². The molecular formula is C12H14F2N2O2S. The number of hydrogen-bond acceptors (Lipinski definition) is 4. The molecule has 1 fully saturated rings. The summed E-state index contributed by atoms with van der Waals surface area (Å²) in [6.07, 6.45) is 0. The monoisotopic (exact) mass is 288 g/mol. The number of nitrogens with one attached hydrogen (secondary N) is 2. The van der Waals surface area contributed by atoms with Crippen LogP contribution in [0, 0.1) is 0 Å². The van der Waals surface area contributed by atoms with E-state index >= 15 is 0 Å². The van der Waals surface area contributed by atoms with Crippen LogP contribution in [0.4, 0.5) is 14.5 Å². The molecule has 0 radical (unpaired) electrons. The molecule has 1 saturated heterocycles. The fourth-order valence-corrected chi connectivity index (χ4v) is 2.65. The topological polar surface area (TPSA) is 50.4 Å². The standard InChI is InChI=1S/C12H14F2N2O2S/c13-12(14)18-9-3-1-2-8(6-9)16-11(17)10-7-19-5-4-15-10/h1-3,6,10,12,15H,4-5,7H2,(H,16,17). The SMILES string of the molecule is O=C(Nc1cccc(OC(F)F)c1)C1CSCCN1. The molecule has 1 aliphatic heterocycles. The number of carbonyl (C=O) groups excluding carboxylic acids is 1. The number of amides is 1. The van der Waals surface area contributed by atoms with Gasteiger partial charge in [-0.05, 0) is 12.1 Å². The van der Waals surface area contributed by atoms with Crippen LogP contribution in [0.1, 0.15) is 0 Å². The second-order valence-electron chi connectivity index (χ2n) is 3.98. The van der Waals surface area contributed by atoms with Crippen molar-refractivity contribution in [2.75, 3.05) is 23.4 Å². The first kappa shape index (κ1) is 14.1. The minimum absolute atomic E-state index is 0.0266. The second kappa shape index (κ2) is 6.72. The van der Waals surface area contributed by atoms with Crippen LogP contribution in [0.5, 0.6) is 5.75 Å². The summed E-state index contributed by atoms with van der Waals surface area (Å²) in [5.41, 5.74) is 0.445. The average Bonchev–Trinajstić information content (AvgIpc) is 2.39. The van der Waals surface area contributed by atoms with Crippen LogP contribution in [0.25, 0.3) is 0 Å². The third-order valence-electron chi connectivity index (χ3n) is 2.56. The first-order valence-corrected chi connectivity index (χ1v) is 6.97. The minimum Gasteiger partial charge on any atom is -0.435 e. The van der Waals surface area contributed by atoms with Crippen LogP contribution in [-0.2, 0) is 4.79 Å². The summed E-state index contributed by atoms with van der Waals surface area (Å²) in [5, 5.41) is 5.79. The summed E-state index contributed by atoms with van der Waals surface area (Å²) in [4.78, 5) is 11.9. The van der Waals surface area contributed by atoms with Gasteiger partial charge in [0.15, 0.2) is 0 Å². The molecule has 19 heavy (non-hydrogen) atoms. The van der Waals surface area contributed by atoms with Crippen LogP contribution >= 0.6 is 11.8 Å². The average molecular weight is 288 g/mol. The molecule has 0 saturated carbocycles. The quantitative estimate of drug-likeness (QED) is 0.889. The fourth-order valence-electron chi connectivity index (χ4n) is 1.71. The molecule has 1 atom stereocenters. The van der Waals surface area contributed by atoms with Gasteiger partial charge in [-0.3, -0.25) is 4.79 Å². The molecule has 0 aromatic heterocycles. The number of ether oxygens (including phenoxy) is 1. The summed E-state index contributed by atoms with van der Waals surface area (Å²) in [6.45, 7) is -2.08. The molecule has 2 rings (SSSR count). The van der Waals surface area contributed by atoms with Crippen molar-refractivity contribution in [1.82, 2.24) is 5.32 Å². The molecule has 1 aliphatic rings. The van der Waals surface area contributed by atoms with Crippen LogP contribution < -0.4 is 15.4 Å². The zero-order chi connectivity index (χ0) is 13.7. The van der Waals surface area contributed by atoms with Crippen LogP contribution in [0.3, 0.4) is 0 Å². The minimum atomic E-state index is -2.87. The van der Waals surface area contributed by atoms with Gasteiger partial charge in [0.05, 0.1) is 6.04 Å². The van der Waals surface area contributed by atoms with E-state index in [0.717, 1.165) is 12.3 Å². The lowest BCUT2D eigenvalue weighted by Gasteiger charge is -2.22. The van der Waals surface area contributed by atoms with E-state index in [1.54, 1.807) is 23.9 Å². The Bertz CT molecular complexity index is 439. The predicted octanol–water partition coefficient (Wildman–Crippen LogP) is 1.93. The van der Waals surface area contributed by atoms with E-state index in [9.17, 15) is 13.6 Å². The molecule has 1 aromatic carbocycles. The highest BCUT2D eigenvalue weighted by atomic mass is 32.2. The molecule has 0 bridgehead atoms. The van der Waals surface area contributed by atoms with Gasteiger partial charge in [-0.2, -0.15) is 20.5 Å². The number of rotatable bonds is 4. The molecule has 1 heterocycles. The van der Waals surface area contributed by atoms with Gasteiger partial charge in [0.1, 0.15) is 5.75 Å². The van der Waals surface area contributed by atoms with Crippen molar-refractivity contribution in [1.29, 1.82) is 0 Å². The number of carbonyl (C=O) groups is 1. The molecule has 1 unspecified atom stereocenters. The van der Waals surface area contributed by atoms with E-state index in [0.29, 0.717) is 11.4 Å². The smallest absolute Gasteiger partial charge is 0.387 e. The molecule has 0 spiro atoms. The van der Waals surface area contributed by atoms with Gasteiger partial charge < -0.3 is 15.4 Å². The van der Waals surface area contributed by atoms with Crippen molar-refractivity contribution >= 4 is 23.4 Å². The van der Waals surface area contributed by atoms with E-state index in [-0.39, 0.29) is 17.7 Å². The third kappa shape index (κ3) is 4.36. The number of anilines is 1. The molecule has 7 heteroatoms. The molecule has 1 aromatic rings. The Morgan fingerprint density at radius 2 is 2.37 bits per heavy atom. The van der Waals surface area contributed by atoms with Crippen molar-refractivity contribution in [2.24, 2.45) is 0 Å². The Kier molecular flexibility index (Phi) is 4.98. The maximum Gasteiger partial charge on any atom is 0.387 e. The number of thioether (sulfide) groups is 1. The number of halogens is 2. The van der Waals surface area contributed by atoms with Crippen molar-refractivity contribution in [2.45, 2.75) is 12.7 Å². The first-order chi connectivity index (χ1) is 9.15. The Balaban J connectivity index is 1.96. The summed E-state index contributed by atoms with van der Waals surface area (Å²) in [7, 11) is 0. The van der Waals surface area contributed by atoms with Gasteiger partial charge in [-0.25, -0.2) is 0 Å². The predicted molar refractivity (Wildman–Crippen MR) is 70.8 cm³/mol. The highest BCUT2D eigenvalue weighted by molar-refractivity contribution is 7.99. The number of benzene rings is 1. The zero-order valence-electron chi connectivity index (χ0n) is 10.1. The Morgan fingerprint density at radius 3 is 3.05 bits per heavy atom. The summed E-state index contributed by atoms with van der Waals surface area (Å²) < 4.78 is 28.4. The number of alkyl halides is 2. The molecular weight excluding hydrogens is 274 g/mol. The van der Waals surface area contributed by atoms with Crippen LogP contribution in [0.2, 0.25) is 0 Å². The van der Waals surface area contributed by atoms with Gasteiger partial charge in [-0.15, -0.1) is 0 Å². The molecule has 104 valence electrons. The van der Waals surface area contributed by atoms with Gasteiger partial charge in [0, 0.05) is 29.8 Å². The lowest BCUT2D eigenvalue weighted by atomic mass is 10.2. The van der Waals surface area contributed by atoms with Gasteiger partial charge in [-0.1, -0.05) is 6.07 Å². The van der Waals surface area contributed by atoms with Gasteiger partial charge in [0.2, 0.25) is 5.91 Å². The van der Waals surface area contributed by atoms with Crippen LogP contribution in [-0.4, -0.2) is 36.6 Å². The summed E-state index contributed by atoms with van der Waals surface area (Å²) in [5.74, 6) is 1.56. The lowest BCUT2D eigenvalue weighted by Crippen LogP contribution is -2.46. The molecule has 0 aliphatic carbocycles. The Labute approximate surface area is 113 Å². The van der Waals surface area contributed by atoms with Crippen molar-refractivity contribution in [3.05, 3.63) is 24.3 Å². The van der Waals surface area contributed by atoms with E-state index in [1.165, 1.54) is 12.1 Å². The third-order valence-corrected chi connectivity index (χ3v) is 3.63. The zero-order valence-corrected chi connectivity index (χ0v) is 10.9. The van der Waals surface area contributed by atoms with Crippen molar-refractivity contribution < 1.29 is 18.3 Å². The van der Waals surface area contributed by atoms with Crippen LogP contribution in [0.15, 0.2) is 24.3 Å². The maximum absolute atomic E-state index is 12.1. The largest absolute Gasteiger partial charge is 0.435 e. The summed E-state index contributed by atoms with van der Waals surface area (Å²) >= 11 is 1.71. The number of hydrogen-bond donors (Lipinski definition) is 2. The lowest BCUT2D eigenvalue weighted by molar-refractivity contribution is -0.117. The van der Waals surface area contributed by atoms with E-state index in [1.807, 2.05) is 0 Å². The molecule has 4 nitrogen and oxygen atoms in total. The van der Waals surface area contributed by atoms with Crippen molar-refractivity contribution in [3.8, 4) is 5.75 Å². The second-order valence-corrected chi connectivity index (χ2v) is 5.13. The van der Waals surface area contributed by atoms with E-state index in [2.05, 4.69) is 15.4 Å². The first-order valence-electron chi connectivity index (χ1n) is 5.82. The van der Waals surface area contributed by atoms with Gasteiger partial charge >= 0.3 is 6.61 Å². The molecule has 1 amide bonds. The Morgan fingerprint density at radius 1 is 1.53 bits per heavy atom. The fraction of sp³-hybridized carbons (Fsp3) is 0.417.